The van der Waals surface area contributed by atoms with Gasteiger partial charge in [0.25, 0.3) is 0 Å². The van der Waals surface area contributed by atoms with Gasteiger partial charge in [0.2, 0.25) is 0 Å². The van der Waals surface area contributed by atoms with Gasteiger partial charge in [0.1, 0.15) is 0 Å². The van der Waals surface area contributed by atoms with Crippen LogP contribution in [-0.4, -0.2) is 31.1 Å². The van der Waals surface area contributed by atoms with Crippen molar-refractivity contribution in [2.45, 2.75) is 38.1 Å². The predicted molar refractivity (Wildman–Crippen MR) is 87.9 cm³/mol. The fourth-order valence-electron chi connectivity index (χ4n) is 3.88. The summed E-state index contributed by atoms with van der Waals surface area (Å²) in [6, 6.07) is 9.61. The van der Waals surface area contributed by atoms with Crippen molar-refractivity contribution in [3.63, 3.8) is 0 Å². The molecule has 0 amide bonds. The van der Waals surface area contributed by atoms with Crippen LogP contribution in [0.5, 0.6) is 0 Å². The van der Waals surface area contributed by atoms with Crippen molar-refractivity contribution in [3.05, 3.63) is 34.3 Å². The average molecular weight is 337 g/mol. The molecule has 0 aromatic heterocycles. The zero-order valence-corrected chi connectivity index (χ0v) is 13.7. The lowest BCUT2D eigenvalue weighted by Gasteiger charge is -2.41. The van der Waals surface area contributed by atoms with Crippen LogP contribution >= 0.6 is 15.9 Å². The molecule has 2 fully saturated rings. The van der Waals surface area contributed by atoms with Gasteiger partial charge in [-0.1, -0.05) is 47.3 Å². The van der Waals surface area contributed by atoms with E-state index in [1.807, 2.05) is 0 Å². The van der Waals surface area contributed by atoms with Crippen LogP contribution in [0, 0.1) is 5.92 Å². The fourth-order valence-corrected chi connectivity index (χ4v) is 4.30. The number of nitrogens with one attached hydrogen (secondary N) is 1. The highest BCUT2D eigenvalue weighted by molar-refractivity contribution is 9.10. The first kappa shape index (κ1) is 14.6. The van der Waals surface area contributed by atoms with Crippen molar-refractivity contribution in [2.75, 3.05) is 26.2 Å². The molecule has 2 nitrogen and oxygen atoms in total. The van der Waals surface area contributed by atoms with E-state index in [-0.39, 0.29) is 0 Å². The van der Waals surface area contributed by atoms with E-state index in [1.54, 1.807) is 0 Å². The molecule has 0 spiro atoms. The molecule has 1 N–H and O–H groups in total. The molecule has 1 aliphatic carbocycles. The number of halogens is 1. The van der Waals surface area contributed by atoms with E-state index >= 15 is 0 Å². The number of rotatable bonds is 3. The van der Waals surface area contributed by atoms with E-state index in [9.17, 15) is 0 Å². The van der Waals surface area contributed by atoms with Crippen LogP contribution in [0.3, 0.4) is 0 Å². The molecule has 1 heterocycles. The Balaban J connectivity index is 1.85. The van der Waals surface area contributed by atoms with Crippen LogP contribution < -0.4 is 5.32 Å². The fraction of sp³-hybridized carbons (Fsp3) is 0.647. The van der Waals surface area contributed by atoms with Gasteiger partial charge in [0.15, 0.2) is 0 Å². The van der Waals surface area contributed by atoms with Crippen LogP contribution in [-0.2, 0) is 0 Å². The summed E-state index contributed by atoms with van der Waals surface area (Å²) < 4.78 is 1.21. The zero-order valence-electron chi connectivity index (χ0n) is 12.2. The molecule has 0 unspecified atom stereocenters. The average Bonchev–Trinajstić information content (AvgIpc) is 2.50. The van der Waals surface area contributed by atoms with Gasteiger partial charge in [-0.25, -0.2) is 0 Å². The number of hydrogen-bond donors (Lipinski definition) is 1. The second-order valence-electron chi connectivity index (χ2n) is 6.18. The Morgan fingerprint density at radius 3 is 2.55 bits per heavy atom. The van der Waals surface area contributed by atoms with Gasteiger partial charge in [-0.2, -0.15) is 0 Å². The van der Waals surface area contributed by atoms with Gasteiger partial charge in [-0.05, 0) is 36.5 Å². The Morgan fingerprint density at radius 1 is 1.10 bits per heavy atom. The number of piperazine rings is 1. The summed E-state index contributed by atoms with van der Waals surface area (Å²) in [5, 5.41) is 3.48. The maximum absolute atomic E-state index is 3.65. The van der Waals surface area contributed by atoms with Crippen LogP contribution in [0.25, 0.3) is 0 Å². The standard InChI is InChI=1S/C17H25BrN2/c18-16-8-4-7-15(13-16)17(14-5-2-1-3-6-14)20-11-9-19-10-12-20/h4,7-8,13-14,17,19H,1-3,5-6,9-12H2/t17-/m0/s1. The Labute approximate surface area is 131 Å². The van der Waals surface area contributed by atoms with E-state index in [4.69, 9.17) is 0 Å². The van der Waals surface area contributed by atoms with Crippen LogP contribution in [0.15, 0.2) is 28.7 Å². The van der Waals surface area contributed by atoms with E-state index < -0.39 is 0 Å². The Kier molecular flexibility index (Phi) is 5.14. The van der Waals surface area contributed by atoms with E-state index in [1.165, 1.54) is 55.2 Å². The second-order valence-corrected chi connectivity index (χ2v) is 7.10. The van der Waals surface area contributed by atoms with Crippen molar-refractivity contribution < 1.29 is 0 Å². The van der Waals surface area contributed by atoms with Crippen molar-refractivity contribution in [2.24, 2.45) is 5.92 Å². The van der Waals surface area contributed by atoms with Crippen LogP contribution in [0.4, 0.5) is 0 Å². The summed E-state index contributed by atoms with van der Waals surface area (Å²) in [6.07, 6.45) is 7.08. The molecule has 1 aliphatic heterocycles. The maximum Gasteiger partial charge on any atom is 0.0377 e. The normalized spacial score (nSPS) is 23.6. The van der Waals surface area contributed by atoms with Crippen LogP contribution in [0.2, 0.25) is 0 Å². The van der Waals surface area contributed by atoms with Gasteiger partial charge in [-0.3, -0.25) is 4.90 Å². The Hall–Kier alpha value is -0.380. The van der Waals surface area contributed by atoms with Crippen molar-refractivity contribution in [3.8, 4) is 0 Å². The largest absolute Gasteiger partial charge is 0.314 e. The number of hydrogen-bond acceptors (Lipinski definition) is 2. The van der Waals surface area contributed by atoms with Gasteiger partial charge in [-0.15, -0.1) is 0 Å². The highest BCUT2D eigenvalue weighted by Crippen LogP contribution is 2.39. The summed E-state index contributed by atoms with van der Waals surface area (Å²) in [5.41, 5.74) is 1.51. The molecule has 1 aromatic carbocycles. The minimum Gasteiger partial charge on any atom is -0.314 e. The highest BCUT2D eigenvalue weighted by Gasteiger charge is 2.30. The summed E-state index contributed by atoms with van der Waals surface area (Å²) >= 11 is 3.65. The third-order valence-electron chi connectivity index (χ3n) is 4.83. The molecule has 110 valence electrons. The predicted octanol–water partition coefficient (Wildman–Crippen LogP) is 3.98. The van der Waals surface area contributed by atoms with E-state index in [0.717, 1.165) is 19.0 Å². The topological polar surface area (TPSA) is 15.3 Å². The van der Waals surface area contributed by atoms with Gasteiger partial charge < -0.3 is 5.32 Å². The molecule has 3 rings (SSSR count). The van der Waals surface area contributed by atoms with Crippen molar-refractivity contribution in [1.29, 1.82) is 0 Å². The first-order valence-corrected chi connectivity index (χ1v) is 8.84. The number of nitrogens with zero attached hydrogens (tertiary/aromatic N) is 1. The summed E-state index contributed by atoms with van der Waals surface area (Å²) in [7, 11) is 0. The minimum absolute atomic E-state index is 0.620. The monoisotopic (exact) mass is 336 g/mol. The molecular weight excluding hydrogens is 312 g/mol. The lowest BCUT2D eigenvalue weighted by molar-refractivity contribution is 0.103. The molecule has 20 heavy (non-hydrogen) atoms. The van der Waals surface area contributed by atoms with Crippen LogP contribution in [0.1, 0.15) is 43.7 Å². The molecule has 1 saturated carbocycles. The molecule has 2 aliphatic rings. The smallest absolute Gasteiger partial charge is 0.0377 e. The van der Waals surface area contributed by atoms with E-state index in [2.05, 4.69) is 50.4 Å². The molecular formula is C17H25BrN2. The lowest BCUT2D eigenvalue weighted by Crippen LogP contribution is -2.47. The van der Waals surface area contributed by atoms with Gasteiger partial charge in [0, 0.05) is 36.7 Å². The zero-order chi connectivity index (χ0) is 13.8. The number of benzene rings is 1. The molecule has 1 atom stereocenters. The molecule has 0 radical (unpaired) electrons. The van der Waals surface area contributed by atoms with E-state index in [0.29, 0.717) is 6.04 Å². The maximum atomic E-state index is 3.65. The first-order valence-electron chi connectivity index (χ1n) is 8.05. The second kappa shape index (κ2) is 7.06. The quantitative estimate of drug-likeness (QED) is 0.898. The summed E-state index contributed by atoms with van der Waals surface area (Å²) in [5.74, 6) is 0.844. The Morgan fingerprint density at radius 2 is 1.85 bits per heavy atom. The van der Waals surface area contributed by atoms with Gasteiger partial charge in [0.05, 0.1) is 0 Å². The molecule has 3 heteroatoms. The Bertz CT molecular complexity index is 405. The molecule has 0 bridgehead atoms. The minimum atomic E-state index is 0.620. The van der Waals surface area contributed by atoms with Gasteiger partial charge >= 0.3 is 0 Å². The lowest BCUT2D eigenvalue weighted by atomic mass is 9.80. The molecule has 1 saturated heterocycles. The third-order valence-corrected chi connectivity index (χ3v) is 5.32. The SMILES string of the molecule is Brc1cccc([C@H](C2CCCCC2)N2CCNCC2)c1. The summed E-state index contributed by atoms with van der Waals surface area (Å²) in [6.45, 7) is 4.65. The first-order chi connectivity index (χ1) is 9.84. The third kappa shape index (κ3) is 3.44. The highest BCUT2D eigenvalue weighted by atomic mass is 79.9. The molecule has 1 aromatic rings. The van der Waals surface area contributed by atoms with Crippen molar-refractivity contribution in [1.82, 2.24) is 10.2 Å². The summed E-state index contributed by atoms with van der Waals surface area (Å²) in [4.78, 5) is 2.72. The van der Waals surface area contributed by atoms with Crippen molar-refractivity contribution >= 4 is 15.9 Å².